The molecular weight excluding hydrogens is 508 g/mol. The van der Waals surface area contributed by atoms with Crippen LogP contribution in [0, 0.1) is 0 Å². The number of carbonyl (C=O) groups excluding carboxylic acids is 2. The first kappa shape index (κ1) is 23.6. The number of rotatable bonds is 6. The van der Waals surface area contributed by atoms with Gasteiger partial charge in [0.15, 0.2) is 0 Å². The van der Waals surface area contributed by atoms with Crippen molar-refractivity contribution >= 4 is 76.6 Å². The summed E-state index contributed by atoms with van der Waals surface area (Å²) >= 11 is 0. The highest BCUT2D eigenvalue weighted by Gasteiger charge is 2.17. The van der Waals surface area contributed by atoms with Crippen LogP contribution in [0.15, 0.2) is 109 Å². The molecule has 4 heteroatoms. The third-order valence-electron chi connectivity index (χ3n) is 8.30. The molecule has 0 N–H and O–H groups in total. The zero-order valence-electron chi connectivity index (χ0n) is 22.1. The summed E-state index contributed by atoms with van der Waals surface area (Å²) in [7, 11) is 0. The first-order chi connectivity index (χ1) is 20.1. The van der Waals surface area contributed by atoms with Crippen LogP contribution in [-0.4, -0.2) is 11.9 Å². The summed E-state index contributed by atoms with van der Waals surface area (Å²) in [6.07, 6.45) is -0.433. The van der Waals surface area contributed by atoms with Gasteiger partial charge in [-0.3, -0.25) is 9.59 Å². The molecule has 0 aliphatic carbocycles. The fourth-order valence-corrected chi connectivity index (χ4v) is 6.38. The Balaban J connectivity index is 0.978. The van der Waals surface area contributed by atoms with Gasteiger partial charge in [-0.2, -0.15) is 0 Å². The van der Waals surface area contributed by atoms with Crippen LogP contribution < -0.4 is 0 Å². The van der Waals surface area contributed by atoms with Gasteiger partial charge in [0.25, 0.3) is 0 Å². The van der Waals surface area contributed by atoms with Crippen molar-refractivity contribution in [3.05, 3.63) is 120 Å². The minimum Gasteiger partial charge on any atom is -0.460 e. The lowest BCUT2D eigenvalue weighted by molar-refractivity contribution is -0.155. The number of hydrogen-bond acceptors (Lipinski definition) is 4. The molecule has 0 heterocycles. The van der Waals surface area contributed by atoms with Crippen LogP contribution >= 0.6 is 0 Å². The van der Waals surface area contributed by atoms with Crippen LogP contribution in [0.5, 0.6) is 0 Å². The molecule has 0 atom stereocenters. The number of ether oxygens (including phenoxy) is 2. The molecule has 8 rings (SSSR count). The van der Waals surface area contributed by atoms with Gasteiger partial charge in [-0.25, -0.2) is 0 Å². The standard InChI is InChI=1S/C37H24O4/c38-32(40-20-28-13-11-26-9-7-22-3-1-5-24-15-17-30(28)36(26)34(22)24)19-33(39)41-21-29-14-12-27-10-8-23-4-2-6-25-16-18-31(29)37(27)35(23)25/h1-18H,19-21H2. The van der Waals surface area contributed by atoms with Gasteiger partial charge in [-0.05, 0) is 75.8 Å². The number of hydrogen-bond donors (Lipinski definition) is 0. The van der Waals surface area contributed by atoms with Crippen LogP contribution in [0.25, 0.3) is 64.6 Å². The zero-order valence-corrected chi connectivity index (χ0v) is 22.1. The maximum Gasteiger partial charge on any atom is 0.317 e. The van der Waals surface area contributed by atoms with E-state index in [9.17, 15) is 9.59 Å². The van der Waals surface area contributed by atoms with E-state index in [2.05, 4.69) is 97.1 Å². The Hall–Kier alpha value is -5.22. The van der Waals surface area contributed by atoms with E-state index in [4.69, 9.17) is 9.47 Å². The van der Waals surface area contributed by atoms with E-state index in [1.54, 1.807) is 0 Å². The highest BCUT2D eigenvalue weighted by atomic mass is 16.6. The molecule has 0 radical (unpaired) electrons. The molecule has 0 aromatic heterocycles. The van der Waals surface area contributed by atoms with E-state index in [0.717, 1.165) is 32.7 Å². The van der Waals surface area contributed by atoms with Gasteiger partial charge >= 0.3 is 11.9 Å². The summed E-state index contributed by atoms with van der Waals surface area (Å²) < 4.78 is 11.1. The molecule has 41 heavy (non-hydrogen) atoms. The third kappa shape index (κ3) is 3.83. The second-order valence-electron chi connectivity index (χ2n) is 10.7. The Kier molecular flexibility index (Phi) is 5.29. The lowest BCUT2D eigenvalue weighted by Crippen LogP contribution is -2.14. The maximum absolute atomic E-state index is 12.6. The molecule has 196 valence electrons. The molecule has 0 fully saturated rings. The Labute approximate surface area is 235 Å². The van der Waals surface area contributed by atoms with Crippen molar-refractivity contribution in [3.8, 4) is 0 Å². The van der Waals surface area contributed by atoms with Gasteiger partial charge in [0.05, 0.1) is 0 Å². The van der Waals surface area contributed by atoms with Crippen molar-refractivity contribution in [3.63, 3.8) is 0 Å². The summed E-state index contributed by atoms with van der Waals surface area (Å²) in [5, 5.41) is 13.9. The Morgan fingerprint density at radius 2 is 0.756 bits per heavy atom. The molecule has 0 saturated carbocycles. The molecule has 0 bridgehead atoms. The van der Waals surface area contributed by atoms with E-state index in [-0.39, 0.29) is 13.2 Å². The molecular formula is C37H24O4. The average Bonchev–Trinajstić information content (AvgIpc) is 3.01. The van der Waals surface area contributed by atoms with Crippen molar-refractivity contribution in [1.82, 2.24) is 0 Å². The Bertz CT molecular complexity index is 2090. The van der Waals surface area contributed by atoms with E-state index in [1.807, 2.05) is 12.1 Å². The summed E-state index contributed by atoms with van der Waals surface area (Å²) in [4.78, 5) is 25.3. The molecule has 0 aliphatic heterocycles. The molecule has 4 nitrogen and oxygen atoms in total. The van der Waals surface area contributed by atoms with Gasteiger partial charge in [-0.15, -0.1) is 0 Å². The second-order valence-corrected chi connectivity index (χ2v) is 10.7. The van der Waals surface area contributed by atoms with Crippen molar-refractivity contribution in [1.29, 1.82) is 0 Å². The summed E-state index contributed by atoms with van der Waals surface area (Å²) in [5.41, 5.74) is 1.82. The largest absolute Gasteiger partial charge is 0.460 e. The van der Waals surface area contributed by atoms with Gasteiger partial charge < -0.3 is 9.47 Å². The fourth-order valence-electron chi connectivity index (χ4n) is 6.38. The summed E-state index contributed by atoms with van der Waals surface area (Å²) in [6, 6.07) is 37.6. The second kappa shape index (κ2) is 9.17. The van der Waals surface area contributed by atoms with Gasteiger partial charge in [0, 0.05) is 0 Å². The van der Waals surface area contributed by atoms with Crippen LogP contribution in [0.4, 0.5) is 0 Å². The highest BCUT2D eigenvalue weighted by molar-refractivity contribution is 6.24. The van der Waals surface area contributed by atoms with Crippen molar-refractivity contribution in [2.45, 2.75) is 19.6 Å². The predicted octanol–water partition coefficient (Wildman–Crippen LogP) is 8.66. The van der Waals surface area contributed by atoms with Crippen LogP contribution in [0.2, 0.25) is 0 Å². The van der Waals surface area contributed by atoms with E-state index < -0.39 is 18.4 Å². The summed E-state index contributed by atoms with van der Waals surface area (Å²) in [6.45, 7) is 0.185. The normalized spacial score (nSPS) is 11.9. The molecule has 0 aliphatic rings. The topological polar surface area (TPSA) is 52.6 Å². The predicted molar refractivity (Wildman–Crippen MR) is 165 cm³/mol. The zero-order chi connectivity index (χ0) is 27.5. The average molecular weight is 533 g/mol. The van der Waals surface area contributed by atoms with E-state index >= 15 is 0 Å². The van der Waals surface area contributed by atoms with Crippen LogP contribution in [0.1, 0.15) is 17.5 Å². The molecule has 0 saturated heterocycles. The number of benzene rings is 8. The van der Waals surface area contributed by atoms with Gasteiger partial charge in [0.1, 0.15) is 19.6 Å². The smallest absolute Gasteiger partial charge is 0.317 e. The van der Waals surface area contributed by atoms with Crippen molar-refractivity contribution < 1.29 is 19.1 Å². The van der Waals surface area contributed by atoms with E-state index in [1.165, 1.54) is 43.1 Å². The van der Waals surface area contributed by atoms with Crippen molar-refractivity contribution in [2.24, 2.45) is 0 Å². The summed E-state index contributed by atoms with van der Waals surface area (Å²) in [5.74, 6) is -1.20. The fraction of sp³-hybridized carbons (Fsp3) is 0.0811. The number of carbonyl (C=O) groups is 2. The minimum absolute atomic E-state index is 0.0926. The number of esters is 2. The van der Waals surface area contributed by atoms with Crippen LogP contribution in [-0.2, 0) is 32.3 Å². The first-order valence-electron chi connectivity index (χ1n) is 13.8. The molecule has 8 aromatic carbocycles. The SMILES string of the molecule is O=C(CC(=O)OCc1ccc2ccc3cccc4ccc1c2c34)OCc1ccc2ccc3cccc4ccc1c2c34. The van der Waals surface area contributed by atoms with Gasteiger partial charge in [0.2, 0.25) is 0 Å². The lowest BCUT2D eigenvalue weighted by atomic mass is 9.92. The van der Waals surface area contributed by atoms with Crippen molar-refractivity contribution in [2.75, 3.05) is 0 Å². The molecule has 0 spiro atoms. The Morgan fingerprint density at radius 3 is 1.17 bits per heavy atom. The quantitative estimate of drug-likeness (QED) is 0.122. The monoisotopic (exact) mass is 532 g/mol. The Morgan fingerprint density at radius 1 is 0.415 bits per heavy atom. The lowest BCUT2D eigenvalue weighted by Gasteiger charge is -2.14. The van der Waals surface area contributed by atoms with Gasteiger partial charge in [-0.1, -0.05) is 109 Å². The maximum atomic E-state index is 12.6. The minimum atomic E-state index is -0.601. The molecule has 0 unspecified atom stereocenters. The molecule has 8 aromatic rings. The third-order valence-corrected chi connectivity index (χ3v) is 8.30. The van der Waals surface area contributed by atoms with E-state index in [0.29, 0.717) is 0 Å². The first-order valence-corrected chi connectivity index (χ1v) is 13.8. The molecule has 0 amide bonds. The van der Waals surface area contributed by atoms with Crippen LogP contribution in [0.3, 0.4) is 0 Å². The highest BCUT2D eigenvalue weighted by Crippen LogP contribution is 2.37.